The van der Waals surface area contributed by atoms with Crippen LogP contribution >= 0.6 is 12.4 Å². The van der Waals surface area contributed by atoms with E-state index in [-0.39, 0.29) is 30.0 Å². The van der Waals surface area contributed by atoms with Crippen molar-refractivity contribution < 1.29 is 9.72 Å². The lowest BCUT2D eigenvalue weighted by molar-refractivity contribution is -0.384. The molecule has 0 radical (unpaired) electrons. The van der Waals surface area contributed by atoms with Gasteiger partial charge in [-0.2, -0.15) is 0 Å². The smallest absolute Gasteiger partial charge is 0.269 e. The Labute approximate surface area is 129 Å². The van der Waals surface area contributed by atoms with Crippen LogP contribution in [0.25, 0.3) is 0 Å². The number of hydrogen-bond acceptors (Lipinski definition) is 4. The van der Waals surface area contributed by atoms with Crippen LogP contribution in [0, 0.1) is 10.1 Å². The summed E-state index contributed by atoms with van der Waals surface area (Å²) in [4.78, 5) is 24.8. The fourth-order valence-corrected chi connectivity index (χ4v) is 3.19. The second-order valence-electron chi connectivity index (χ2n) is 5.39. The number of nitrogens with one attached hydrogen (secondary N) is 1. The number of carbonyl (C=O) groups is 1. The zero-order valence-corrected chi connectivity index (χ0v) is 12.3. The second-order valence-corrected chi connectivity index (χ2v) is 5.39. The molecule has 2 saturated heterocycles. The molecule has 2 fully saturated rings. The Kier molecular flexibility index (Phi) is 4.80. The van der Waals surface area contributed by atoms with Gasteiger partial charge in [-0.15, -0.1) is 12.4 Å². The number of rotatable bonds is 2. The Balaban J connectivity index is 0.00000161. The number of halogens is 1. The van der Waals surface area contributed by atoms with Crippen molar-refractivity contribution in [3.63, 3.8) is 0 Å². The molecule has 7 heteroatoms. The van der Waals surface area contributed by atoms with E-state index in [1.165, 1.54) is 12.1 Å². The van der Waals surface area contributed by atoms with E-state index < -0.39 is 4.92 Å². The predicted molar refractivity (Wildman–Crippen MR) is 80.8 cm³/mol. The summed E-state index contributed by atoms with van der Waals surface area (Å²) in [7, 11) is 0. The Morgan fingerprint density at radius 1 is 1.19 bits per heavy atom. The largest absolute Gasteiger partial charge is 0.331 e. The van der Waals surface area contributed by atoms with E-state index in [0.717, 1.165) is 32.4 Å². The van der Waals surface area contributed by atoms with Gasteiger partial charge in [0.05, 0.1) is 4.92 Å². The van der Waals surface area contributed by atoms with E-state index in [9.17, 15) is 14.9 Å². The van der Waals surface area contributed by atoms with Crippen LogP contribution in [0.2, 0.25) is 0 Å². The molecule has 1 N–H and O–H groups in total. The number of nitro groups is 1. The van der Waals surface area contributed by atoms with Gasteiger partial charge in [0.15, 0.2) is 0 Å². The lowest BCUT2D eigenvalue weighted by Gasteiger charge is -2.27. The molecule has 21 heavy (non-hydrogen) atoms. The molecule has 1 amide bonds. The van der Waals surface area contributed by atoms with Gasteiger partial charge in [0, 0.05) is 36.3 Å². The summed E-state index contributed by atoms with van der Waals surface area (Å²) in [5.74, 6) is -0.00361. The summed E-state index contributed by atoms with van der Waals surface area (Å²) in [6, 6.07) is 6.45. The van der Waals surface area contributed by atoms with Gasteiger partial charge in [-0.3, -0.25) is 14.9 Å². The van der Waals surface area contributed by atoms with Gasteiger partial charge < -0.3 is 10.2 Å². The summed E-state index contributed by atoms with van der Waals surface area (Å²) in [5, 5.41) is 14.0. The summed E-state index contributed by atoms with van der Waals surface area (Å²) in [6.07, 6.45) is 3.08. The molecular weight excluding hydrogens is 294 g/mol. The topological polar surface area (TPSA) is 75.5 Å². The van der Waals surface area contributed by atoms with Crippen molar-refractivity contribution in [2.75, 3.05) is 13.1 Å². The van der Waals surface area contributed by atoms with Crippen molar-refractivity contribution in [1.29, 1.82) is 0 Å². The normalized spacial score (nSPS) is 24.1. The van der Waals surface area contributed by atoms with E-state index in [4.69, 9.17) is 0 Å². The molecule has 0 saturated carbocycles. The Bertz CT molecular complexity index is 521. The van der Waals surface area contributed by atoms with Crippen LogP contribution in [0.3, 0.4) is 0 Å². The molecule has 2 heterocycles. The van der Waals surface area contributed by atoms with E-state index in [0.29, 0.717) is 11.6 Å². The van der Waals surface area contributed by atoms with Crippen molar-refractivity contribution in [1.82, 2.24) is 10.2 Å². The average Bonchev–Trinajstić information content (AvgIpc) is 2.71. The summed E-state index contributed by atoms with van der Waals surface area (Å²) >= 11 is 0. The zero-order chi connectivity index (χ0) is 14.1. The average molecular weight is 312 g/mol. The Morgan fingerprint density at radius 3 is 2.52 bits per heavy atom. The SMILES string of the molecule is Cl.O=C(c1ccc([N+](=O)[O-])cc1)N1C2CCNCC1CC2. The second kappa shape index (κ2) is 6.41. The molecule has 2 bridgehead atoms. The van der Waals surface area contributed by atoms with Gasteiger partial charge in [0.1, 0.15) is 0 Å². The fraction of sp³-hybridized carbons (Fsp3) is 0.500. The van der Waals surface area contributed by atoms with E-state index in [2.05, 4.69) is 5.32 Å². The van der Waals surface area contributed by atoms with Crippen molar-refractivity contribution in [2.45, 2.75) is 31.3 Å². The van der Waals surface area contributed by atoms with Crippen molar-refractivity contribution in [3.05, 3.63) is 39.9 Å². The monoisotopic (exact) mass is 311 g/mol. The van der Waals surface area contributed by atoms with Crippen LogP contribution in [0.1, 0.15) is 29.6 Å². The third-order valence-corrected chi connectivity index (χ3v) is 4.21. The summed E-state index contributed by atoms with van der Waals surface area (Å²) in [5.41, 5.74) is 0.552. The van der Waals surface area contributed by atoms with Crippen LogP contribution in [0.15, 0.2) is 24.3 Å². The number of amides is 1. The highest BCUT2D eigenvalue weighted by Gasteiger charge is 2.38. The highest BCUT2D eigenvalue weighted by Crippen LogP contribution is 2.29. The minimum Gasteiger partial charge on any atom is -0.331 e. The van der Waals surface area contributed by atoms with Crippen LogP contribution in [-0.2, 0) is 0 Å². The number of benzene rings is 1. The fourth-order valence-electron chi connectivity index (χ4n) is 3.19. The Morgan fingerprint density at radius 2 is 1.86 bits per heavy atom. The number of carbonyl (C=O) groups excluding carboxylic acids is 1. The first-order valence-corrected chi connectivity index (χ1v) is 6.94. The zero-order valence-electron chi connectivity index (χ0n) is 11.5. The first-order valence-electron chi connectivity index (χ1n) is 6.94. The molecule has 0 spiro atoms. The standard InChI is InChI=1S/C14H17N3O3.ClH/c18-14(10-1-3-12(4-2-10)17(19)20)16-11-5-6-13(16)9-15-8-7-11;/h1-4,11,13,15H,5-9H2;1H. The van der Waals surface area contributed by atoms with Crippen LogP contribution < -0.4 is 5.32 Å². The predicted octanol–water partition coefficient (Wildman–Crippen LogP) is 1.98. The number of hydrogen-bond donors (Lipinski definition) is 1. The molecule has 3 rings (SSSR count). The van der Waals surface area contributed by atoms with E-state index in [1.807, 2.05) is 4.90 Å². The lowest BCUT2D eigenvalue weighted by Crippen LogP contribution is -2.42. The molecule has 1 aromatic rings. The van der Waals surface area contributed by atoms with Crippen LogP contribution in [0.5, 0.6) is 0 Å². The lowest BCUT2D eigenvalue weighted by atomic mass is 10.1. The van der Waals surface area contributed by atoms with E-state index >= 15 is 0 Å². The molecule has 0 aliphatic carbocycles. The third-order valence-electron chi connectivity index (χ3n) is 4.21. The maximum absolute atomic E-state index is 12.6. The summed E-state index contributed by atoms with van der Waals surface area (Å²) in [6.45, 7) is 1.79. The molecule has 2 unspecified atom stereocenters. The molecule has 2 aliphatic rings. The van der Waals surface area contributed by atoms with Crippen LogP contribution in [0.4, 0.5) is 5.69 Å². The van der Waals surface area contributed by atoms with Crippen molar-refractivity contribution in [2.24, 2.45) is 0 Å². The number of fused-ring (bicyclic) bond motifs is 2. The maximum atomic E-state index is 12.6. The summed E-state index contributed by atoms with van der Waals surface area (Å²) < 4.78 is 0. The van der Waals surface area contributed by atoms with Gasteiger partial charge in [-0.25, -0.2) is 0 Å². The Hall–Kier alpha value is -1.66. The number of non-ortho nitro benzene ring substituents is 1. The molecule has 2 atom stereocenters. The highest BCUT2D eigenvalue weighted by atomic mass is 35.5. The highest BCUT2D eigenvalue weighted by molar-refractivity contribution is 5.95. The van der Waals surface area contributed by atoms with Gasteiger partial charge in [0.2, 0.25) is 0 Å². The molecule has 6 nitrogen and oxygen atoms in total. The van der Waals surface area contributed by atoms with Gasteiger partial charge in [-0.1, -0.05) is 0 Å². The minimum atomic E-state index is -0.451. The molecule has 114 valence electrons. The van der Waals surface area contributed by atoms with E-state index in [1.54, 1.807) is 12.1 Å². The van der Waals surface area contributed by atoms with Crippen molar-refractivity contribution in [3.8, 4) is 0 Å². The van der Waals surface area contributed by atoms with Gasteiger partial charge >= 0.3 is 0 Å². The van der Waals surface area contributed by atoms with Gasteiger partial charge in [-0.05, 0) is 37.9 Å². The quantitative estimate of drug-likeness (QED) is 0.669. The van der Waals surface area contributed by atoms with Crippen molar-refractivity contribution >= 4 is 24.0 Å². The number of nitro benzene ring substituents is 1. The van der Waals surface area contributed by atoms with Gasteiger partial charge in [0.25, 0.3) is 11.6 Å². The first kappa shape index (κ1) is 15.7. The molecule has 1 aromatic carbocycles. The third kappa shape index (κ3) is 3.01. The maximum Gasteiger partial charge on any atom is 0.269 e. The minimum absolute atomic E-state index is 0. The molecule has 0 aromatic heterocycles. The molecular formula is C14H18ClN3O3. The molecule has 2 aliphatic heterocycles. The number of nitrogens with zero attached hydrogens (tertiary/aromatic N) is 2. The first-order chi connectivity index (χ1) is 9.66. The van der Waals surface area contributed by atoms with Crippen LogP contribution in [-0.4, -0.2) is 40.9 Å².